The molecule has 0 aliphatic rings. The molecule has 0 aromatic heterocycles. The third-order valence-electron chi connectivity index (χ3n) is 1.66. The van der Waals surface area contributed by atoms with E-state index in [2.05, 4.69) is 39.7 Å². The lowest BCUT2D eigenvalue weighted by molar-refractivity contribution is -0.111. The van der Waals surface area contributed by atoms with Crippen LogP contribution in [0.4, 0.5) is 5.69 Å². The predicted molar refractivity (Wildman–Crippen MR) is 67.8 cm³/mol. The Morgan fingerprint density at radius 1 is 1.53 bits per heavy atom. The molecule has 0 radical (unpaired) electrons. The summed E-state index contributed by atoms with van der Waals surface area (Å²) in [6.45, 7) is 1.62. The van der Waals surface area contributed by atoms with Gasteiger partial charge < -0.3 is 10.1 Å². The highest BCUT2D eigenvalue weighted by atomic mass is 127. The van der Waals surface area contributed by atoms with Crippen molar-refractivity contribution in [2.24, 2.45) is 0 Å². The lowest BCUT2D eigenvalue weighted by Crippen LogP contribution is -2.09. The van der Waals surface area contributed by atoms with Crippen LogP contribution in [0.2, 0.25) is 0 Å². The van der Waals surface area contributed by atoms with Crippen molar-refractivity contribution < 1.29 is 9.53 Å². The molecule has 0 fully saturated rings. The number of rotatable bonds is 2. The van der Waals surface area contributed by atoms with Crippen molar-refractivity contribution in [2.45, 2.75) is 6.92 Å². The maximum Gasteiger partial charge on any atom is 0.300 e. The highest BCUT2D eigenvalue weighted by Crippen LogP contribution is 2.23. The quantitative estimate of drug-likeness (QED) is 0.672. The number of halogens is 1. The summed E-state index contributed by atoms with van der Waals surface area (Å²) in [5.74, 6) is 5.34. The van der Waals surface area contributed by atoms with Gasteiger partial charge in [0.15, 0.2) is 0 Å². The maximum absolute atomic E-state index is 11.2. The van der Waals surface area contributed by atoms with Crippen molar-refractivity contribution in [3.63, 3.8) is 0 Å². The van der Waals surface area contributed by atoms with Crippen LogP contribution in [0.15, 0.2) is 18.2 Å². The fourth-order valence-corrected chi connectivity index (χ4v) is 1.46. The van der Waals surface area contributed by atoms with E-state index in [1.54, 1.807) is 20.1 Å². The number of carbonyl (C=O) groups excluding carboxylic acids is 1. The van der Waals surface area contributed by atoms with Crippen LogP contribution < -0.4 is 10.1 Å². The van der Waals surface area contributed by atoms with E-state index in [9.17, 15) is 4.79 Å². The Morgan fingerprint density at radius 3 is 2.87 bits per heavy atom. The van der Waals surface area contributed by atoms with Crippen LogP contribution in [0.5, 0.6) is 5.75 Å². The lowest BCUT2D eigenvalue weighted by atomic mass is 10.3. The summed E-state index contributed by atoms with van der Waals surface area (Å²) in [6.07, 6.45) is 0. The average molecular weight is 315 g/mol. The molecule has 3 nitrogen and oxygen atoms in total. The molecular formula is C11H10INO2. The fraction of sp³-hybridized carbons (Fsp3) is 0.182. The molecule has 1 aromatic rings. The summed E-state index contributed by atoms with van der Waals surface area (Å²) < 4.78 is 6.00. The Bertz CT molecular complexity index is 432. The highest BCUT2D eigenvalue weighted by molar-refractivity contribution is 14.1. The van der Waals surface area contributed by atoms with Gasteiger partial charge in [0.05, 0.1) is 12.8 Å². The number of carbonyl (C=O) groups is 1. The Morgan fingerprint density at radius 2 is 2.27 bits per heavy atom. The van der Waals surface area contributed by atoms with Crippen molar-refractivity contribution >= 4 is 34.2 Å². The van der Waals surface area contributed by atoms with E-state index in [0.717, 1.165) is 3.57 Å². The molecule has 0 spiro atoms. The van der Waals surface area contributed by atoms with Crippen molar-refractivity contribution in [1.82, 2.24) is 0 Å². The van der Waals surface area contributed by atoms with Gasteiger partial charge in [-0.2, -0.15) is 0 Å². The van der Waals surface area contributed by atoms with E-state index < -0.39 is 0 Å². The van der Waals surface area contributed by atoms with Crippen molar-refractivity contribution in [3.05, 3.63) is 21.8 Å². The molecule has 1 aromatic carbocycles. The molecule has 0 aliphatic heterocycles. The smallest absolute Gasteiger partial charge is 0.300 e. The zero-order valence-corrected chi connectivity index (χ0v) is 10.6. The minimum Gasteiger partial charge on any atom is -0.497 e. The Hall–Kier alpha value is -1.22. The monoisotopic (exact) mass is 315 g/mol. The van der Waals surface area contributed by atoms with Gasteiger partial charge in [0.25, 0.3) is 5.91 Å². The van der Waals surface area contributed by atoms with Crippen LogP contribution >= 0.6 is 22.6 Å². The van der Waals surface area contributed by atoms with Crippen LogP contribution in [0.25, 0.3) is 0 Å². The first-order valence-electron chi connectivity index (χ1n) is 4.24. The minimum atomic E-state index is -0.316. The first kappa shape index (κ1) is 11.9. The van der Waals surface area contributed by atoms with Crippen LogP contribution in [0.3, 0.4) is 0 Å². The van der Waals surface area contributed by atoms with Crippen LogP contribution in [0, 0.1) is 15.4 Å². The van der Waals surface area contributed by atoms with Gasteiger partial charge in [-0.05, 0) is 47.6 Å². The largest absolute Gasteiger partial charge is 0.497 e. The molecule has 0 aliphatic carbocycles. The molecule has 78 valence electrons. The predicted octanol–water partition coefficient (Wildman–Crippen LogP) is 2.26. The third kappa shape index (κ3) is 3.44. The van der Waals surface area contributed by atoms with E-state index in [4.69, 9.17) is 4.74 Å². The summed E-state index contributed by atoms with van der Waals surface area (Å²) in [5, 5.41) is 2.69. The summed E-state index contributed by atoms with van der Waals surface area (Å²) in [6, 6.07) is 5.47. The summed E-state index contributed by atoms with van der Waals surface area (Å²) in [5.41, 5.74) is 0.711. The zero-order valence-electron chi connectivity index (χ0n) is 8.43. The number of anilines is 1. The number of methoxy groups -OCH3 is 1. The number of ether oxygens (including phenoxy) is 1. The number of amides is 1. The van der Waals surface area contributed by atoms with Crippen molar-refractivity contribution in [1.29, 1.82) is 0 Å². The van der Waals surface area contributed by atoms with Crippen LogP contribution in [0.1, 0.15) is 6.92 Å². The molecule has 1 rings (SSSR count). The SMILES string of the molecule is CC#CC(=O)Nc1cc(OC)ccc1I. The van der Waals surface area contributed by atoms with E-state index in [0.29, 0.717) is 11.4 Å². The van der Waals surface area contributed by atoms with Crippen molar-refractivity contribution in [3.8, 4) is 17.6 Å². The van der Waals surface area contributed by atoms with Crippen LogP contribution in [-0.4, -0.2) is 13.0 Å². The Balaban J connectivity index is 2.91. The molecule has 0 unspecified atom stereocenters. The molecule has 0 atom stereocenters. The van der Waals surface area contributed by atoms with Gasteiger partial charge in [-0.1, -0.05) is 5.92 Å². The topological polar surface area (TPSA) is 38.3 Å². The maximum atomic E-state index is 11.2. The summed E-state index contributed by atoms with van der Waals surface area (Å²) in [4.78, 5) is 11.2. The van der Waals surface area contributed by atoms with Crippen molar-refractivity contribution in [2.75, 3.05) is 12.4 Å². The number of hydrogen-bond donors (Lipinski definition) is 1. The summed E-state index contributed by atoms with van der Waals surface area (Å²) in [7, 11) is 1.58. The normalized spacial score (nSPS) is 8.73. The van der Waals surface area contributed by atoms with Gasteiger partial charge in [0.2, 0.25) is 0 Å². The Kier molecular flexibility index (Phi) is 4.43. The summed E-state index contributed by atoms with van der Waals surface area (Å²) >= 11 is 2.14. The van der Waals surface area contributed by atoms with E-state index in [1.165, 1.54) is 0 Å². The number of hydrogen-bond acceptors (Lipinski definition) is 2. The zero-order chi connectivity index (χ0) is 11.3. The average Bonchev–Trinajstić information content (AvgIpc) is 2.21. The second kappa shape index (κ2) is 5.61. The molecule has 15 heavy (non-hydrogen) atoms. The van der Waals surface area contributed by atoms with E-state index in [1.807, 2.05) is 12.1 Å². The molecule has 0 heterocycles. The second-order valence-corrected chi connectivity index (χ2v) is 3.84. The van der Waals surface area contributed by atoms with Crippen LogP contribution in [-0.2, 0) is 4.79 Å². The van der Waals surface area contributed by atoms with E-state index in [-0.39, 0.29) is 5.91 Å². The molecule has 4 heteroatoms. The number of benzene rings is 1. The minimum absolute atomic E-state index is 0.316. The molecule has 0 saturated heterocycles. The lowest BCUT2D eigenvalue weighted by Gasteiger charge is -2.06. The first-order chi connectivity index (χ1) is 7.17. The molecule has 1 amide bonds. The van der Waals surface area contributed by atoms with Gasteiger partial charge in [0.1, 0.15) is 5.75 Å². The highest BCUT2D eigenvalue weighted by Gasteiger charge is 2.04. The first-order valence-corrected chi connectivity index (χ1v) is 5.32. The molecule has 0 bridgehead atoms. The molecule has 1 N–H and O–H groups in total. The van der Waals surface area contributed by atoms with Gasteiger partial charge in [0, 0.05) is 9.64 Å². The van der Waals surface area contributed by atoms with Gasteiger partial charge >= 0.3 is 0 Å². The van der Waals surface area contributed by atoms with Gasteiger partial charge in [-0.25, -0.2) is 0 Å². The second-order valence-electron chi connectivity index (χ2n) is 2.67. The Labute approximate surface area is 102 Å². The number of nitrogens with one attached hydrogen (secondary N) is 1. The molecule has 0 saturated carbocycles. The van der Waals surface area contributed by atoms with Gasteiger partial charge in [-0.15, -0.1) is 0 Å². The standard InChI is InChI=1S/C11H10INO2/c1-3-4-11(14)13-10-7-8(15-2)5-6-9(10)12/h5-7H,1-2H3,(H,13,14). The third-order valence-corrected chi connectivity index (χ3v) is 2.60. The van der Waals surface area contributed by atoms with Gasteiger partial charge in [-0.3, -0.25) is 4.79 Å². The van der Waals surface area contributed by atoms with E-state index >= 15 is 0 Å². The molecular weight excluding hydrogens is 305 g/mol. The fourth-order valence-electron chi connectivity index (χ4n) is 0.994.